The molecule has 0 aliphatic rings. The van der Waals surface area contributed by atoms with Crippen LogP contribution in [-0.4, -0.2) is 30.4 Å². The van der Waals surface area contributed by atoms with Gasteiger partial charge in [-0.15, -0.1) is 0 Å². The third kappa shape index (κ3) is 5.78. The van der Waals surface area contributed by atoms with Crippen LogP contribution < -0.4 is 5.73 Å². The van der Waals surface area contributed by atoms with E-state index in [9.17, 15) is 4.79 Å². The summed E-state index contributed by atoms with van der Waals surface area (Å²) in [7, 11) is 0. The number of rotatable bonds is 8. The Bertz CT molecular complexity index is 163. The first kappa shape index (κ1) is 14.4. The fraction of sp³-hybridized carbons (Fsp3) is 0.917. The van der Waals surface area contributed by atoms with Crippen molar-refractivity contribution in [1.82, 2.24) is 4.90 Å². The maximum absolute atomic E-state index is 11.9. The first-order chi connectivity index (χ1) is 7.17. The summed E-state index contributed by atoms with van der Waals surface area (Å²) in [5, 5.41) is 0. The zero-order valence-electron chi connectivity index (χ0n) is 10.5. The van der Waals surface area contributed by atoms with Crippen molar-refractivity contribution < 1.29 is 4.79 Å². The number of hydrogen-bond donors (Lipinski definition) is 1. The van der Waals surface area contributed by atoms with E-state index in [0.717, 1.165) is 38.8 Å². The van der Waals surface area contributed by atoms with Gasteiger partial charge in [0.1, 0.15) is 0 Å². The lowest BCUT2D eigenvalue weighted by Crippen LogP contribution is -2.39. The zero-order valence-corrected chi connectivity index (χ0v) is 10.5. The Balaban J connectivity index is 4.13. The minimum absolute atomic E-state index is 0.0290. The molecule has 1 atom stereocenters. The lowest BCUT2D eigenvalue weighted by molar-refractivity contribution is -0.134. The molecule has 1 unspecified atom stereocenters. The predicted molar refractivity (Wildman–Crippen MR) is 64.6 cm³/mol. The molecule has 0 spiro atoms. The van der Waals surface area contributed by atoms with Gasteiger partial charge in [0.15, 0.2) is 0 Å². The summed E-state index contributed by atoms with van der Waals surface area (Å²) in [5.41, 5.74) is 5.52. The fourth-order valence-electron chi connectivity index (χ4n) is 1.44. The molecular weight excluding hydrogens is 188 g/mol. The minimum Gasteiger partial charge on any atom is -0.342 e. The highest BCUT2D eigenvalue weighted by molar-refractivity contribution is 5.78. The van der Waals surface area contributed by atoms with Crippen molar-refractivity contribution in [2.45, 2.75) is 46.5 Å². The summed E-state index contributed by atoms with van der Waals surface area (Å²) >= 11 is 0. The average Bonchev–Trinajstić information content (AvgIpc) is 2.27. The molecule has 0 saturated heterocycles. The standard InChI is InChI=1S/C12H26N2O/c1-4-6-8-14(9-7-5-2)12(15)11(3)10-13/h11H,4-10,13H2,1-3H3. The second-order valence-electron chi connectivity index (χ2n) is 4.17. The monoisotopic (exact) mass is 214 g/mol. The number of amides is 1. The van der Waals surface area contributed by atoms with Gasteiger partial charge in [-0.25, -0.2) is 0 Å². The molecule has 0 bridgehead atoms. The van der Waals surface area contributed by atoms with E-state index in [4.69, 9.17) is 5.73 Å². The van der Waals surface area contributed by atoms with Gasteiger partial charge in [-0.1, -0.05) is 33.6 Å². The van der Waals surface area contributed by atoms with E-state index in [1.165, 1.54) is 0 Å². The van der Waals surface area contributed by atoms with E-state index in [1.54, 1.807) is 0 Å². The maximum Gasteiger partial charge on any atom is 0.226 e. The van der Waals surface area contributed by atoms with Crippen molar-refractivity contribution in [1.29, 1.82) is 0 Å². The largest absolute Gasteiger partial charge is 0.342 e. The Morgan fingerprint density at radius 1 is 1.20 bits per heavy atom. The van der Waals surface area contributed by atoms with Crippen LogP contribution in [0, 0.1) is 5.92 Å². The fourth-order valence-corrected chi connectivity index (χ4v) is 1.44. The Labute approximate surface area is 94.0 Å². The Hall–Kier alpha value is -0.570. The smallest absolute Gasteiger partial charge is 0.226 e. The van der Waals surface area contributed by atoms with Crippen LogP contribution in [0.1, 0.15) is 46.5 Å². The second-order valence-corrected chi connectivity index (χ2v) is 4.17. The van der Waals surface area contributed by atoms with E-state index < -0.39 is 0 Å². The van der Waals surface area contributed by atoms with Crippen molar-refractivity contribution in [2.24, 2.45) is 11.7 Å². The molecule has 90 valence electrons. The molecule has 0 aromatic heterocycles. The highest BCUT2D eigenvalue weighted by Crippen LogP contribution is 2.05. The van der Waals surface area contributed by atoms with Crippen LogP contribution >= 0.6 is 0 Å². The molecule has 15 heavy (non-hydrogen) atoms. The molecule has 0 saturated carbocycles. The Morgan fingerprint density at radius 2 is 1.67 bits per heavy atom. The summed E-state index contributed by atoms with van der Waals surface area (Å²) in [6, 6.07) is 0. The average molecular weight is 214 g/mol. The highest BCUT2D eigenvalue weighted by atomic mass is 16.2. The van der Waals surface area contributed by atoms with E-state index in [-0.39, 0.29) is 11.8 Å². The topological polar surface area (TPSA) is 46.3 Å². The Morgan fingerprint density at radius 3 is 2.00 bits per heavy atom. The highest BCUT2D eigenvalue weighted by Gasteiger charge is 2.17. The molecule has 0 aromatic rings. The maximum atomic E-state index is 11.9. The summed E-state index contributed by atoms with van der Waals surface area (Å²) in [6.45, 7) is 8.43. The van der Waals surface area contributed by atoms with E-state index in [2.05, 4.69) is 13.8 Å². The van der Waals surface area contributed by atoms with Crippen molar-refractivity contribution >= 4 is 5.91 Å². The molecule has 0 rings (SSSR count). The van der Waals surface area contributed by atoms with Crippen LogP contribution in [-0.2, 0) is 4.79 Å². The van der Waals surface area contributed by atoms with Crippen molar-refractivity contribution in [3.63, 3.8) is 0 Å². The first-order valence-corrected chi connectivity index (χ1v) is 6.16. The molecule has 1 amide bonds. The molecule has 0 heterocycles. The van der Waals surface area contributed by atoms with Gasteiger partial charge in [-0.2, -0.15) is 0 Å². The normalized spacial score (nSPS) is 12.5. The zero-order chi connectivity index (χ0) is 11.7. The second kappa shape index (κ2) is 8.72. The summed E-state index contributed by atoms with van der Waals surface area (Å²) < 4.78 is 0. The first-order valence-electron chi connectivity index (χ1n) is 6.16. The SMILES string of the molecule is CCCCN(CCCC)C(=O)C(C)CN. The van der Waals surface area contributed by atoms with Gasteiger partial charge < -0.3 is 10.6 Å². The van der Waals surface area contributed by atoms with Crippen molar-refractivity contribution in [2.75, 3.05) is 19.6 Å². The van der Waals surface area contributed by atoms with E-state index in [0.29, 0.717) is 6.54 Å². The number of unbranched alkanes of at least 4 members (excludes halogenated alkanes) is 2. The van der Waals surface area contributed by atoms with Crippen LogP contribution in [0.4, 0.5) is 0 Å². The number of nitrogens with zero attached hydrogens (tertiary/aromatic N) is 1. The molecule has 2 N–H and O–H groups in total. The minimum atomic E-state index is -0.0290. The summed E-state index contributed by atoms with van der Waals surface area (Å²) in [6.07, 6.45) is 4.44. The van der Waals surface area contributed by atoms with E-state index >= 15 is 0 Å². The Kier molecular flexibility index (Phi) is 8.38. The lowest BCUT2D eigenvalue weighted by Gasteiger charge is -2.25. The molecule has 0 aliphatic carbocycles. The number of nitrogens with two attached hydrogens (primary N) is 1. The van der Waals surface area contributed by atoms with Gasteiger partial charge in [-0.3, -0.25) is 4.79 Å². The molecule has 0 radical (unpaired) electrons. The van der Waals surface area contributed by atoms with Crippen LogP contribution in [0.5, 0.6) is 0 Å². The predicted octanol–water partition coefficient (Wildman–Crippen LogP) is 2.01. The van der Waals surface area contributed by atoms with Crippen LogP contribution in [0.2, 0.25) is 0 Å². The van der Waals surface area contributed by atoms with Gasteiger partial charge in [-0.05, 0) is 12.8 Å². The van der Waals surface area contributed by atoms with Gasteiger partial charge in [0.05, 0.1) is 0 Å². The lowest BCUT2D eigenvalue weighted by atomic mass is 10.1. The molecule has 0 aliphatic heterocycles. The molecule has 0 fully saturated rings. The third-order valence-corrected chi connectivity index (χ3v) is 2.65. The van der Waals surface area contributed by atoms with Gasteiger partial charge in [0, 0.05) is 25.6 Å². The number of carbonyl (C=O) groups excluding carboxylic acids is 1. The number of carbonyl (C=O) groups is 1. The molecule has 0 aromatic carbocycles. The third-order valence-electron chi connectivity index (χ3n) is 2.65. The van der Waals surface area contributed by atoms with Crippen molar-refractivity contribution in [3.05, 3.63) is 0 Å². The van der Waals surface area contributed by atoms with Gasteiger partial charge >= 0.3 is 0 Å². The van der Waals surface area contributed by atoms with Gasteiger partial charge in [0.25, 0.3) is 0 Å². The molecule has 3 nitrogen and oxygen atoms in total. The molecule has 3 heteroatoms. The van der Waals surface area contributed by atoms with Gasteiger partial charge in [0.2, 0.25) is 5.91 Å². The van der Waals surface area contributed by atoms with Crippen LogP contribution in [0.25, 0.3) is 0 Å². The molecular formula is C12H26N2O. The van der Waals surface area contributed by atoms with Crippen LogP contribution in [0.15, 0.2) is 0 Å². The van der Waals surface area contributed by atoms with Crippen molar-refractivity contribution in [3.8, 4) is 0 Å². The summed E-state index contributed by atoms with van der Waals surface area (Å²) in [4.78, 5) is 13.9. The number of hydrogen-bond acceptors (Lipinski definition) is 2. The van der Waals surface area contributed by atoms with Crippen LogP contribution in [0.3, 0.4) is 0 Å². The summed E-state index contributed by atoms with van der Waals surface area (Å²) in [5.74, 6) is 0.193. The quantitative estimate of drug-likeness (QED) is 0.672. The van der Waals surface area contributed by atoms with E-state index in [1.807, 2.05) is 11.8 Å².